The fourth-order valence-corrected chi connectivity index (χ4v) is 1.34. The van der Waals surface area contributed by atoms with Crippen LogP contribution in [0.25, 0.3) is 0 Å². The largest absolute Gasteiger partial charge is 0.468 e. The number of nitrogens with one attached hydrogen (secondary N) is 2. The average molecular weight is 224 g/mol. The van der Waals surface area contributed by atoms with Crippen molar-refractivity contribution in [1.82, 2.24) is 10.6 Å². The molecule has 0 aliphatic heterocycles. The van der Waals surface area contributed by atoms with Crippen LogP contribution in [0.3, 0.4) is 0 Å². The van der Waals surface area contributed by atoms with Gasteiger partial charge >= 0.3 is 0 Å². The van der Waals surface area contributed by atoms with Crippen molar-refractivity contribution in [3.8, 4) is 0 Å². The molecule has 0 fully saturated rings. The summed E-state index contributed by atoms with van der Waals surface area (Å²) in [5.41, 5.74) is 1.14. The molecule has 0 spiro atoms. The number of rotatable bonds is 7. The molecule has 0 unspecified atom stereocenters. The fourth-order valence-electron chi connectivity index (χ4n) is 1.34. The summed E-state index contributed by atoms with van der Waals surface area (Å²) in [4.78, 5) is 11.3. The van der Waals surface area contributed by atoms with E-state index in [4.69, 9.17) is 4.42 Å². The smallest absolute Gasteiger partial charge is 0.221 e. The molecule has 1 aromatic heterocycles. The maximum atomic E-state index is 11.3. The minimum absolute atomic E-state index is 0.102. The quantitative estimate of drug-likeness (QED) is 0.692. The first kappa shape index (κ1) is 12.8. The lowest BCUT2D eigenvalue weighted by Gasteiger charge is -2.04. The van der Waals surface area contributed by atoms with E-state index < -0.39 is 0 Å². The standard InChI is InChI=1S/C12H20N2O2/c1-3-6-14-12(15)4-7-13-9-11-10(2)5-8-16-11/h5,8,13H,3-4,6-7,9H2,1-2H3,(H,14,15). The van der Waals surface area contributed by atoms with E-state index in [0.29, 0.717) is 19.5 Å². The molecule has 16 heavy (non-hydrogen) atoms. The van der Waals surface area contributed by atoms with Gasteiger partial charge in [-0.05, 0) is 25.0 Å². The summed E-state index contributed by atoms with van der Waals surface area (Å²) in [6.07, 6.45) is 3.17. The minimum Gasteiger partial charge on any atom is -0.468 e. The minimum atomic E-state index is 0.102. The zero-order valence-electron chi connectivity index (χ0n) is 10.0. The highest BCUT2D eigenvalue weighted by atomic mass is 16.3. The zero-order chi connectivity index (χ0) is 11.8. The third kappa shape index (κ3) is 4.49. The molecule has 1 amide bonds. The molecule has 0 bridgehead atoms. The maximum absolute atomic E-state index is 11.3. The topological polar surface area (TPSA) is 54.3 Å². The third-order valence-corrected chi connectivity index (χ3v) is 2.35. The van der Waals surface area contributed by atoms with Crippen LogP contribution in [0.4, 0.5) is 0 Å². The fraction of sp³-hybridized carbons (Fsp3) is 0.583. The number of aryl methyl sites for hydroxylation is 1. The Hall–Kier alpha value is -1.29. The van der Waals surface area contributed by atoms with Crippen molar-refractivity contribution in [2.45, 2.75) is 33.2 Å². The van der Waals surface area contributed by atoms with E-state index in [0.717, 1.165) is 24.3 Å². The van der Waals surface area contributed by atoms with Crippen LogP contribution in [0.2, 0.25) is 0 Å². The van der Waals surface area contributed by atoms with E-state index in [1.54, 1.807) is 6.26 Å². The Morgan fingerprint density at radius 1 is 1.44 bits per heavy atom. The van der Waals surface area contributed by atoms with Gasteiger partial charge in [0.05, 0.1) is 12.8 Å². The molecule has 4 heteroatoms. The lowest BCUT2D eigenvalue weighted by atomic mass is 10.3. The van der Waals surface area contributed by atoms with Gasteiger partial charge in [-0.15, -0.1) is 0 Å². The van der Waals surface area contributed by atoms with Crippen molar-refractivity contribution in [3.05, 3.63) is 23.7 Å². The van der Waals surface area contributed by atoms with E-state index in [1.165, 1.54) is 0 Å². The SMILES string of the molecule is CCCNC(=O)CCNCc1occc1C. The molecule has 90 valence electrons. The summed E-state index contributed by atoms with van der Waals surface area (Å²) in [5, 5.41) is 6.02. The monoisotopic (exact) mass is 224 g/mol. The summed E-state index contributed by atoms with van der Waals surface area (Å²) in [6.45, 7) is 6.17. The van der Waals surface area contributed by atoms with Crippen molar-refractivity contribution < 1.29 is 9.21 Å². The molecule has 2 N–H and O–H groups in total. The maximum Gasteiger partial charge on any atom is 0.221 e. The lowest BCUT2D eigenvalue weighted by molar-refractivity contribution is -0.120. The van der Waals surface area contributed by atoms with Gasteiger partial charge in [0.15, 0.2) is 0 Å². The van der Waals surface area contributed by atoms with Crippen molar-refractivity contribution in [3.63, 3.8) is 0 Å². The summed E-state index contributed by atoms with van der Waals surface area (Å²) < 4.78 is 5.27. The summed E-state index contributed by atoms with van der Waals surface area (Å²) >= 11 is 0. The molecule has 0 aliphatic rings. The van der Waals surface area contributed by atoms with Gasteiger partial charge in [0.2, 0.25) is 5.91 Å². The van der Waals surface area contributed by atoms with Gasteiger partial charge in [-0.3, -0.25) is 4.79 Å². The molecule has 0 saturated carbocycles. The second kappa shape index (κ2) is 7.06. The van der Waals surface area contributed by atoms with Crippen LogP contribution in [0.5, 0.6) is 0 Å². The predicted molar refractivity (Wildman–Crippen MR) is 63.1 cm³/mol. The second-order valence-electron chi connectivity index (χ2n) is 3.80. The summed E-state index contributed by atoms with van der Waals surface area (Å²) in [6, 6.07) is 1.94. The van der Waals surface area contributed by atoms with Crippen molar-refractivity contribution >= 4 is 5.91 Å². The Labute approximate surface area is 96.4 Å². The van der Waals surface area contributed by atoms with Crippen molar-refractivity contribution in [1.29, 1.82) is 0 Å². The first-order valence-electron chi connectivity index (χ1n) is 5.74. The highest BCUT2D eigenvalue weighted by Gasteiger charge is 2.02. The van der Waals surface area contributed by atoms with E-state index in [-0.39, 0.29) is 5.91 Å². The Balaban J connectivity index is 2.08. The molecule has 0 aromatic carbocycles. The summed E-state index contributed by atoms with van der Waals surface area (Å²) in [5.74, 6) is 1.04. The van der Waals surface area contributed by atoms with Crippen LogP contribution < -0.4 is 10.6 Å². The van der Waals surface area contributed by atoms with Gasteiger partial charge in [0, 0.05) is 19.5 Å². The van der Waals surface area contributed by atoms with Crippen LogP contribution in [-0.2, 0) is 11.3 Å². The van der Waals surface area contributed by atoms with E-state index in [1.807, 2.05) is 19.9 Å². The molecule has 1 heterocycles. The first-order chi connectivity index (χ1) is 7.74. The Morgan fingerprint density at radius 3 is 2.88 bits per heavy atom. The zero-order valence-corrected chi connectivity index (χ0v) is 10.0. The Kier molecular flexibility index (Phi) is 5.64. The lowest BCUT2D eigenvalue weighted by Crippen LogP contribution is -2.28. The van der Waals surface area contributed by atoms with Crippen LogP contribution >= 0.6 is 0 Å². The van der Waals surface area contributed by atoms with Crippen molar-refractivity contribution in [2.75, 3.05) is 13.1 Å². The predicted octanol–water partition coefficient (Wildman–Crippen LogP) is 1.59. The van der Waals surface area contributed by atoms with Gasteiger partial charge in [-0.1, -0.05) is 6.92 Å². The number of hydrogen-bond acceptors (Lipinski definition) is 3. The van der Waals surface area contributed by atoms with Crippen LogP contribution in [0, 0.1) is 6.92 Å². The van der Waals surface area contributed by atoms with Gasteiger partial charge in [0.25, 0.3) is 0 Å². The van der Waals surface area contributed by atoms with E-state index in [9.17, 15) is 4.79 Å². The van der Waals surface area contributed by atoms with Crippen LogP contribution in [0.1, 0.15) is 31.1 Å². The summed E-state index contributed by atoms with van der Waals surface area (Å²) in [7, 11) is 0. The molecular weight excluding hydrogens is 204 g/mol. The van der Waals surface area contributed by atoms with Gasteiger partial charge in [0.1, 0.15) is 5.76 Å². The Bertz CT molecular complexity index is 321. The molecule has 0 aliphatic carbocycles. The second-order valence-corrected chi connectivity index (χ2v) is 3.80. The highest BCUT2D eigenvalue weighted by molar-refractivity contribution is 5.75. The number of carbonyl (C=O) groups is 1. The highest BCUT2D eigenvalue weighted by Crippen LogP contribution is 2.07. The van der Waals surface area contributed by atoms with Gasteiger partial charge in [-0.25, -0.2) is 0 Å². The van der Waals surface area contributed by atoms with E-state index >= 15 is 0 Å². The van der Waals surface area contributed by atoms with Crippen molar-refractivity contribution in [2.24, 2.45) is 0 Å². The number of carbonyl (C=O) groups excluding carboxylic acids is 1. The first-order valence-corrected chi connectivity index (χ1v) is 5.74. The Morgan fingerprint density at radius 2 is 2.25 bits per heavy atom. The van der Waals surface area contributed by atoms with E-state index in [2.05, 4.69) is 10.6 Å². The molecule has 4 nitrogen and oxygen atoms in total. The molecule has 0 atom stereocenters. The number of hydrogen-bond donors (Lipinski definition) is 2. The number of furan rings is 1. The average Bonchev–Trinajstić information content (AvgIpc) is 2.67. The molecule has 0 radical (unpaired) electrons. The van der Waals surface area contributed by atoms with Gasteiger partial charge < -0.3 is 15.1 Å². The molecule has 1 aromatic rings. The number of amides is 1. The van der Waals surface area contributed by atoms with Crippen LogP contribution in [-0.4, -0.2) is 19.0 Å². The molecule has 1 rings (SSSR count). The van der Waals surface area contributed by atoms with Crippen LogP contribution in [0.15, 0.2) is 16.7 Å². The molecule has 0 saturated heterocycles. The third-order valence-electron chi connectivity index (χ3n) is 2.35. The van der Waals surface area contributed by atoms with Gasteiger partial charge in [-0.2, -0.15) is 0 Å². The normalized spacial score (nSPS) is 10.4. The molecular formula is C12H20N2O2.